The number of amides is 2. The predicted molar refractivity (Wildman–Crippen MR) is 92.8 cm³/mol. The van der Waals surface area contributed by atoms with Crippen LogP contribution in [0.5, 0.6) is 0 Å². The molecule has 0 aromatic heterocycles. The molecule has 3 rings (SSSR count). The van der Waals surface area contributed by atoms with Gasteiger partial charge in [-0.1, -0.05) is 23.2 Å². The van der Waals surface area contributed by atoms with E-state index in [4.69, 9.17) is 27.9 Å². The first-order chi connectivity index (χ1) is 11.9. The maximum absolute atomic E-state index is 13.0. The molecule has 1 saturated heterocycles. The van der Waals surface area contributed by atoms with Crippen molar-refractivity contribution in [2.24, 2.45) is 0 Å². The number of nitrogens with zero attached hydrogens (tertiary/aromatic N) is 1. The van der Waals surface area contributed by atoms with Crippen molar-refractivity contribution in [1.29, 1.82) is 0 Å². The summed E-state index contributed by atoms with van der Waals surface area (Å²) >= 11 is 11.8. The quantitative estimate of drug-likeness (QED) is 0.872. The normalized spacial score (nSPS) is 16.7. The van der Waals surface area contributed by atoms with E-state index in [1.807, 2.05) is 0 Å². The van der Waals surface area contributed by atoms with Gasteiger partial charge in [0.2, 0.25) is 0 Å². The van der Waals surface area contributed by atoms with Crippen LogP contribution in [0.4, 0.5) is 14.9 Å². The number of nitrogens with one attached hydrogen (secondary N) is 1. The van der Waals surface area contributed by atoms with E-state index >= 15 is 0 Å². The molecule has 0 radical (unpaired) electrons. The van der Waals surface area contributed by atoms with E-state index in [0.717, 1.165) is 0 Å². The zero-order chi connectivity index (χ0) is 18.0. The number of halogens is 3. The molecule has 2 aromatic rings. The molecule has 1 fully saturated rings. The molecule has 25 heavy (non-hydrogen) atoms. The molecule has 130 valence electrons. The molecule has 0 bridgehead atoms. The lowest BCUT2D eigenvalue weighted by Crippen LogP contribution is -2.34. The average molecular weight is 383 g/mol. The third kappa shape index (κ3) is 4.03. The van der Waals surface area contributed by atoms with Gasteiger partial charge in [-0.2, -0.15) is 0 Å². The highest BCUT2D eigenvalue weighted by Gasteiger charge is 2.32. The average Bonchev–Trinajstić information content (AvgIpc) is 2.96. The van der Waals surface area contributed by atoms with Crippen LogP contribution in [0.15, 0.2) is 42.5 Å². The standard InChI is InChI=1S/C17H13Cl2FN2O3/c18-10-1-6-15(19)14(7-10)16(23)21-8-13-9-22(17(24)25-13)12-4-2-11(20)3-5-12/h1-7,13H,8-9H2,(H,21,23)/t13-/m0/s1. The Balaban J connectivity index is 1.61. The second-order valence-corrected chi connectivity index (χ2v) is 6.27. The zero-order valence-corrected chi connectivity index (χ0v) is 14.4. The van der Waals surface area contributed by atoms with Gasteiger partial charge in [-0.05, 0) is 42.5 Å². The molecule has 0 aliphatic carbocycles. The van der Waals surface area contributed by atoms with Gasteiger partial charge in [-0.3, -0.25) is 9.69 Å². The second kappa shape index (κ2) is 7.29. The van der Waals surface area contributed by atoms with E-state index in [2.05, 4.69) is 5.32 Å². The summed E-state index contributed by atoms with van der Waals surface area (Å²) in [6.07, 6.45) is -1.08. The van der Waals surface area contributed by atoms with Crippen LogP contribution >= 0.6 is 23.2 Å². The SMILES string of the molecule is O=C(NC[C@H]1CN(c2ccc(F)cc2)C(=O)O1)c1cc(Cl)ccc1Cl. The van der Waals surface area contributed by atoms with Crippen LogP contribution in [-0.4, -0.2) is 31.2 Å². The molecule has 1 aliphatic heterocycles. The Morgan fingerprint density at radius 1 is 1.24 bits per heavy atom. The Bertz CT molecular complexity index is 814. The fourth-order valence-corrected chi connectivity index (χ4v) is 2.81. The van der Waals surface area contributed by atoms with Crippen molar-refractivity contribution in [3.63, 3.8) is 0 Å². The lowest BCUT2D eigenvalue weighted by Gasteiger charge is -2.13. The van der Waals surface area contributed by atoms with E-state index < -0.39 is 23.9 Å². The van der Waals surface area contributed by atoms with Gasteiger partial charge in [0.1, 0.15) is 11.9 Å². The summed E-state index contributed by atoms with van der Waals surface area (Å²) in [4.78, 5) is 25.5. The number of cyclic esters (lactones) is 1. The molecule has 8 heteroatoms. The highest BCUT2D eigenvalue weighted by molar-refractivity contribution is 6.35. The second-order valence-electron chi connectivity index (χ2n) is 5.43. The fraction of sp³-hybridized carbons (Fsp3) is 0.176. The molecule has 5 nitrogen and oxygen atoms in total. The summed E-state index contributed by atoms with van der Waals surface area (Å²) in [5.74, 6) is -0.803. The smallest absolute Gasteiger partial charge is 0.414 e. The van der Waals surface area contributed by atoms with Crippen molar-refractivity contribution in [1.82, 2.24) is 5.32 Å². The molecule has 0 unspecified atom stereocenters. The first-order valence-corrected chi connectivity index (χ1v) is 8.16. The molecule has 2 amide bonds. The zero-order valence-electron chi connectivity index (χ0n) is 12.8. The Morgan fingerprint density at radius 3 is 2.68 bits per heavy atom. The molecule has 1 N–H and O–H groups in total. The largest absolute Gasteiger partial charge is 0.442 e. The summed E-state index contributed by atoms with van der Waals surface area (Å²) in [6.45, 7) is 0.360. The first kappa shape index (κ1) is 17.5. The molecule has 1 heterocycles. The summed E-state index contributed by atoms with van der Waals surface area (Å²) in [6, 6.07) is 10.1. The molecule has 0 saturated carbocycles. The van der Waals surface area contributed by atoms with Crippen molar-refractivity contribution in [3.8, 4) is 0 Å². The monoisotopic (exact) mass is 382 g/mol. The molecule has 2 aromatic carbocycles. The number of ether oxygens (including phenoxy) is 1. The van der Waals surface area contributed by atoms with E-state index in [9.17, 15) is 14.0 Å². The van der Waals surface area contributed by atoms with Gasteiger partial charge in [0.25, 0.3) is 5.91 Å². The van der Waals surface area contributed by atoms with Crippen LogP contribution < -0.4 is 10.2 Å². The highest BCUT2D eigenvalue weighted by atomic mass is 35.5. The lowest BCUT2D eigenvalue weighted by molar-refractivity contribution is 0.0916. The topological polar surface area (TPSA) is 58.6 Å². The van der Waals surface area contributed by atoms with Crippen molar-refractivity contribution < 1.29 is 18.7 Å². The van der Waals surface area contributed by atoms with Crippen LogP contribution in [-0.2, 0) is 4.74 Å². The number of anilines is 1. The fourth-order valence-electron chi connectivity index (χ4n) is 2.43. The number of rotatable bonds is 4. The predicted octanol–water partition coefficient (Wildman–Crippen LogP) is 3.89. The summed E-state index contributed by atoms with van der Waals surface area (Å²) in [5.41, 5.74) is 0.770. The van der Waals surface area contributed by atoms with Gasteiger partial charge in [-0.25, -0.2) is 9.18 Å². The van der Waals surface area contributed by atoms with Gasteiger partial charge < -0.3 is 10.1 Å². The van der Waals surface area contributed by atoms with Crippen molar-refractivity contribution >= 4 is 40.9 Å². The number of carbonyl (C=O) groups is 2. The number of benzene rings is 2. The first-order valence-electron chi connectivity index (χ1n) is 7.41. The van der Waals surface area contributed by atoms with Crippen LogP contribution in [0.25, 0.3) is 0 Å². The van der Waals surface area contributed by atoms with Crippen LogP contribution in [0.2, 0.25) is 10.0 Å². The minimum absolute atomic E-state index is 0.116. The van der Waals surface area contributed by atoms with Crippen molar-refractivity contribution in [3.05, 3.63) is 63.9 Å². The summed E-state index contributed by atoms with van der Waals surface area (Å²) in [7, 11) is 0. The lowest BCUT2D eigenvalue weighted by atomic mass is 10.2. The molecular formula is C17H13Cl2FN2O3. The molecule has 0 spiro atoms. The number of carbonyl (C=O) groups excluding carboxylic acids is 2. The third-order valence-corrected chi connectivity index (χ3v) is 4.24. The Kier molecular flexibility index (Phi) is 5.11. The van der Waals surface area contributed by atoms with Gasteiger partial charge in [0, 0.05) is 10.7 Å². The van der Waals surface area contributed by atoms with Crippen LogP contribution in [0, 0.1) is 5.82 Å². The van der Waals surface area contributed by atoms with E-state index in [1.165, 1.54) is 41.3 Å². The number of hydrogen-bond donors (Lipinski definition) is 1. The Hall–Kier alpha value is -2.31. The Labute approximate surface area is 153 Å². The van der Waals surface area contributed by atoms with E-state index in [-0.39, 0.29) is 23.7 Å². The minimum Gasteiger partial charge on any atom is -0.442 e. The molecular weight excluding hydrogens is 370 g/mol. The van der Waals surface area contributed by atoms with Gasteiger partial charge in [0.05, 0.1) is 23.7 Å². The van der Waals surface area contributed by atoms with Gasteiger partial charge in [-0.15, -0.1) is 0 Å². The van der Waals surface area contributed by atoms with Crippen molar-refractivity contribution in [2.75, 3.05) is 18.0 Å². The summed E-state index contributed by atoms with van der Waals surface area (Å²) < 4.78 is 18.2. The summed E-state index contributed by atoms with van der Waals surface area (Å²) in [5, 5.41) is 3.33. The van der Waals surface area contributed by atoms with E-state index in [0.29, 0.717) is 10.7 Å². The maximum atomic E-state index is 13.0. The van der Waals surface area contributed by atoms with Gasteiger partial charge in [0.15, 0.2) is 0 Å². The van der Waals surface area contributed by atoms with E-state index in [1.54, 1.807) is 6.07 Å². The highest BCUT2D eigenvalue weighted by Crippen LogP contribution is 2.23. The minimum atomic E-state index is -0.549. The van der Waals surface area contributed by atoms with Crippen LogP contribution in [0.3, 0.4) is 0 Å². The number of hydrogen-bond acceptors (Lipinski definition) is 3. The maximum Gasteiger partial charge on any atom is 0.414 e. The van der Waals surface area contributed by atoms with Crippen molar-refractivity contribution in [2.45, 2.75) is 6.10 Å². The Morgan fingerprint density at radius 2 is 1.96 bits per heavy atom. The molecule has 1 atom stereocenters. The van der Waals surface area contributed by atoms with Gasteiger partial charge >= 0.3 is 6.09 Å². The third-order valence-electron chi connectivity index (χ3n) is 3.68. The molecule has 1 aliphatic rings. The van der Waals surface area contributed by atoms with Crippen LogP contribution in [0.1, 0.15) is 10.4 Å².